The van der Waals surface area contributed by atoms with Crippen LogP contribution in [0.5, 0.6) is 5.75 Å². The van der Waals surface area contributed by atoms with Gasteiger partial charge in [-0.3, -0.25) is 9.78 Å². The van der Waals surface area contributed by atoms with Crippen LogP contribution < -0.4 is 15.6 Å². The summed E-state index contributed by atoms with van der Waals surface area (Å²) in [6.45, 7) is 4.49. The zero-order valence-corrected chi connectivity index (χ0v) is 15.3. The van der Waals surface area contributed by atoms with Crippen LogP contribution >= 0.6 is 11.6 Å². The Labute approximate surface area is 156 Å². The first-order valence-corrected chi connectivity index (χ1v) is 8.63. The number of halogens is 1. The Balaban J connectivity index is 1.75. The lowest BCUT2D eigenvalue weighted by molar-refractivity contribution is 0.340. The minimum absolute atomic E-state index is 0.274. The summed E-state index contributed by atoms with van der Waals surface area (Å²) in [5.74, 6) is 1.07. The average Bonchev–Trinajstić information content (AvgIpc) is 2.62. The van der Waals surface area contributed by atoms with Crippen molar-refractivity contribution in [1.29, 1.82) is 0 Å². The molecule has 2 N–H and O–H groups in total. The number of hydrogen-bond acceptors (Lipinski definition) is 5. The van der Waals surface area contributed by atoms with E-state index in [4.69, 9.17) is 16.3 Å². The maximum Gasteiger partial charge on any atom is 0.274 e. The first-order chi connectivity index (χ1) is 12.5. The van der Waals surface area contributed by atoms with Gasteiger partial charge in [0.1, 0.15) is 11.4 Å². The lowest BCUT2D eigenvalue weighted by Gasteiger charge is -2.09. The van der Waals surface area contributed by atoms with Gasteiger partial charge in [0.25, 0.3) is 5.56 Å². The predicted molar refractivity (Wildman–Crippen MR) is 103 cm³/mol. The number of H-pyrrole nitrogens is 1. The third-order valence-corrected chi connectivity index (χ3v) is 4.06. The lowest BCUT2D eigenvalue weighted by atomic mass is 10.1. The van der Waals surface area contributed by atoms with Crippen LogP contribution in [0.3, 0.4) is 0 Å². The summed E-state index contributed by atoms with van der Waals surface area (Å²) in [7, 11) is 0. The van der Waals surface area contributed by atoms with Crippen molar-refractivity contribution in [3.63, 3.8) is 0 Å². The van der Waals surface area contributed by atoms with Crippen LogP contribution in [0, 0.1) is 6.92 Å². The van der Waals surface area contributed by atoms with Gasteiger partial charge in [0.15, 0.2) is 0 Å². The van der Waals surface area contributed by atoms with Crippen LogP contribution in [-0.2, 0) is 6.42 Å². The molecule has 3 aromatic rings. The van der Waals surface area contributed by atoms with Crippen LogP contribution in [0.15, 0.2) is 47.3 Å². The highest BCUT2D eigenvalue weighted by Gasteiger charge is 2.08. The number of aromatic nitrogens is 3. The fourth-order valence-electron chi connectivity index (χ4n) is 2.45. The van der Waals surface area contributed by atoms with Crippen molar-refractivity contribution in [3.8, 4) is 5.75 Å². The van der Waals surface area contributed by atoms with E-state index in [2.05, 4.69) is 20.5 Å². The van der Waals surface area contributed by atoms with Gasteiger partial charge in [-0.25, -0.2) is 0 Å². The molecule has 6 nitrogen and oxygen atoms in total. The largest absolute Gasteiger partial charge is 0.494 e. The van der Waals surface area contributed by atoms with E-state index in [1.165, 1.54) is 0 Å². The van der Waals surface area contributed by atoms with Crippen LogP contribution in [-0.4, -0.2) is 21.8 Å². The van der Waals surface area contributed by atoms with Gasteiger partial charge in [0, 0.05) is 17.1 Å². The molecule has 7 heteroatoms. The van der Waals surface area contributed by atoms with Gasteiger partial charge in [-0.2, -0.15) is 0 Å². The third kappa shape index (κ3) is 4.40. The molecule has 0 atom stereocenters. The molecule has 0 aliphatic heterocycles. The van der Waals surface area contributed by atoms with E-state index in [9.17, 15) is 4.79 Å². The molecule has 0 spiro atoms. The van der Waals surface area contributed by atoms with E-state index < -0.39 is 0 Å². The number of aryl methyl sites for hydroxylation is 1. The molecule has 0 saturated carbocycles. The molecular formula is C19H19ClN4O2. The molecule has 134 valence electrons. The minimum Gasteiger partial charge on any atom is -0.494 e. The van der Waals surface area contributed by atoms with Crippen molar-refractivity contribution in [2.45, 2.75) is 20.3 Å². The second kappa shape index (κ2) is 8.01. The summed E-state index contributed by atoms with van der Waals surface area (Å²) in [5, 5.41) is 11.8. The molecule has 0 saturated heterocycles. The summed E-state index contributed by atoms with van der Waals surface area (Å²) >= 11 is 6.00. The molecule has 1 heterocycles. The molecule has 0 bridgehead atoms. The van der Waals surface area contributed by atoms with E-state index in [0.717, 1.165) is 22.6 Å². The maximum absolute atomic E-state index is 12.3. The highest BCUT2D eigenvalue weighted by molar-refractivity contribution is 6.30. The first kappa shape index (κ1) is 17.9. The van der Waals surface area contributed by atoms with E-state index >= 15 is 0 Å². The number of nitrogens with zero attached hydrogens (tertiary/aromatic N) is 2. The van der Waals surface area contributed by atoms with Gasteiger partial charge in [-0.05, 0) is 49.2 Å². The molecule has 3 rings (SSSR count). The van der Waals surface area contributed by atoms with Crippen LogP contribution in [0.1, 0.15) is 23.7 Å². The highest BCUT2D eigenvalue weighted by atomic mass is 35.5. The topological polar surface area (TPSA) is 79.9 Å². The predicted octanol–water partition coefficient (Wildman–Crippen LogP) is 3.86. The fourth-order valence-corrected chi connectivity index (χ4v) is 2.62. The Morgan fingerprint density at radius 1 is 1.15 bits per heavy atom. The monoisotopic (exact) mass is 370 g/mol. The smallest absolute Gasteiger partial charge is 0.274 e. The number of aromatic amines is 1. The van der Waals surface area contributed by atoms with Crippen molar-refractivity contribution in [1.82, 2.24) is 15.2 Å². The fraction of sp³-hybridized carbons (Fsp3) is 0.211. The number of anilines is 2. The Morgan fingerprint density at radius 2 is 1.92 bits per heavy atom. The third-order valence-electron chi connectivity index (χ3n) is 3.82. The van der Waals surface area contributed by atoms with Crippen molar-refractivity contribution in [2.24, 2.45) is 0 Å². The van der Waals surface area contributed by atoms with Crippen LogP contribution in [0.25, 0.3) is 0 Å². The number of rotatable bonds is 6. The summed E-state index contributed by atoms with van der Waals surface area (Å²) in [6.07, 6.45) is 0.394. The zero-order chi connectivity index (χ0) is 18.5. The second-order valence-electron chi connectivity index (χ2n) is 5.79. The Morgan fingerprint density at radius 3 is 2.62 bits per heavy atom. The van der Waals surface area contributed by atoms with Gasteiger partial charge in [0.2, 0.25) is 5.95 Å². The minimum atomic E-state index is -0.281. The maximum atomic E-state index is 12.3. The number of hydrogen-bond donors (Lipinski definition) is 2. The van der Waals surface area contributed by atoms with Crippen molar-refractivity contribution in [3.05, 3.63) is 74.7 Å². The second-order valence-corrected chi connectivity index (χ2v) is 6.22. The molecular weight excluding hydrogens is 352 g/mol. The SMILES string of the molecule is CCOc1ccc(Cc2nnc(Nc3cc(Cl)ccc3C)[nH]c2=O)cc1. The molecule has 0 fully saturated rings. The summed E-state index contributed by atoms with van der Waals surface area (Å²) in [5.41, 5.74) is 2.77. The number of benzene rings is 2. The van der Waals surface area contributed by atoms with Gasteiger partial charge in [-0.15, -0.1) is 10.2 Å². The normalized spacial score (nSPS) is 10.6. The Kier molecular flexibility index (Phi) is 5.53. The van der Waals surface area contributed by atoms with E-state index in [0.29, 0.717) is 23.7 Å². The molecule has 2 aromatic carbocycles. The quantitative estimate of drug-likeness (QED) is 0.688. The molecule has 0 aliphatic carbocycles. The summed E-state index contributed by atoms with van der Waals surface area (Å²) in [4.78, 5) is 15.0. The van der Waals surface area contributed by atoms with E-state index in [1.807, 2.05) is 44.2 Å². The molecule has 0 aliphatic rings. The molecule has 0 radical (unpaired) electrons. The van der Waals surface area contributed by atoms with Crippen LogP contribution in [0.4, 0.5) is 11.6 Å². The Bertz CT molecular complexity index is 954. The molecule has 0 amide bonds. The highest BCUT2D eigenvalue weighted by Crippen LogP contribution is 2.22. The lowest BCUT2D eigenvalue weighted by Crippen LogP contribution is -2.19. The molecule has 1 aromatic heterocycles. The van der Waals surface area contributed by atoms with Crippen molar-refractivity contribution >= 4 is 23.2 Å². The van der Waals surface area contributed by atoms with E-state index in [1.54, 1.807) is 12.1 Å². The Hall–Kier alpha value is -2.86. The molecule has 26 heavy (non-hydrogen) atoms. The van der Waals surface area contributed by atoms with Gasteiger partial charge in [0.05, 0.1) is 6.61 Å². The summed E-state index contributed by atoms with van der Waals surface area (Å²) in [6, 6.07) is 13.0. The van der Waals surface area contributed by atoms with Gasteiger partial charge >= 0.3 is 0 Å². The van der Waals surface area contributed by atoms with Crippen LogP contribution in [0.2, 0.25) is 5.02 Å². The first-order valence-electron chi connectivity index (χ1n) is 8.26. The van der Waals surface area contributed by atoms with E-state index in [-0.39, 0.29) is 11.5 Å². The zero-order valence-electron chi connectivity index (χ0n) is 14.5. The van der Waals surface area contributed by atoms with Gasteiger partial charge in [-0.1, -0.05) is 29.8 Å². The van der Waals surface area contributed by atoms with Crippen molar-refractivity contribution in [2.75, 3.05) is 11.9 Å². The average molecular weight is 371 g/mol. The standard InChI is InChI=1S/C19H19ClN4O2/c1-3-26-15-8-5-13(6-9-15)10-17-18(25)22-19(24-23-17)21-16-11-14(20)7-4-12(16)2/h4-9,11H,3,10H2,1-2H3,(H2,21,22,24,25). The molecule has 0 unspecified atom stereocenters. The number of ether oxygens (including phenoxy) is 1. The number of nitrogens with one attached hydrogen (secondary N) is 2. The van der Waals surface area contributed by atoms with Gasteiger partial charge < -0.3 is 10.1 Å². The van der Waals surface area contributed by atoms with Crippen molar-refractivity contribution < 1.29 is 4.74 Å². The summed E-state index contributed by atoms with van der Waals surface area (Å²) < 4.78 is 5.41.